The Hall–Kier alpha value is -3.17. The Balaban J connectivity index is 1.04. The maximum absolute atomic E-state index is 12.1. The molecule has 2 aromatic rings. The molecule has 1 fully saturated rings. The van der Waals surface area contributed by atoms with Crippen LogP contribution in [0.2, 0.25) is 0 Å². The summed E-state index contributed by atoms with van der Waals surface area (Å²) in [5.41, 5.74) is 7.76. The molecule has 0 spiro atoms. The van der Waals surface area contributed by atoms with Gasteiger partial charge in [0.1, 0.15) is 17.6 Å². The van der Waals surface area contributed by atoms with Crippen molar-refractivity contribution in [3.8, 4) is 0 Å². The number of nitrogens with zero attached hydrogens (tertiary/aromatic N) is 3. The van der Waals surface area contributed by atoms with Gasteiger partial charge in [-0.25, -0.2) is 4.79 Å². The summed E-state index contributed by atoms with van der Waals surface area (Å²) in [6, 6.07) is 7.12. The minimum Gasteiger partial charge on any atom is -0.464 e. The van der Waals surface area contributed by atoms with Crippen molar-refractivity contribution in [2.24, 2.45) is 5.73 Å². The Morgan fingerprint density at radius 2 is 1.97 bits per heavy atom. The molecule has 3 aliphatic rings. The van der Waals surface area contributed by atoms with E-state index in [4.69, 9.17) is 19.6 Å². The number of hydrogen-bond acceptors (Lipinski definition) is 6. The molecule has 2 aliphatic heterocycles. The molecule has 1 aliphatic carbocycles. The van der Waals surface area contributed by atoms with Crippen molar-refractivity contribution >= 4 is 38.8 Å². The van der Waals surface area contributed by atoms with Crippen molar-refractivity contribution in [3.05, 3.63) is 76.7 Å². The second-order valence-electron chi connectivity index (χ2n) is 9.54. The van der Waals surface area contributed by atoms with Gasteiger partial charge in [-0.1, -0.05) is 39.7 Å². The molecular formula is C28H33BrN4O4. The van der Waals surface area contributed by atoms with E-state index in [9.17, 15) is 4.79 Å². The number of carbonyl (C=O) groups is 1. The van der Waals surface area contributed by atoms with E-state index in [2.05, 4.69) is 44.0 Å². The number of urea groups is 1. The van der Waals surface area contributed by atoms with Gasteiger partial charge in [0.05, 0.1) is 0 Å². The molecule has 3 heterocycles. The molecular weight excluding hydrogens is 536 g/mol. The number of ether oxygens (including phenoxy) is 2. The van der Waals surface area contributed by atoms with E-state index in [-0.39, 0.29) is 0 Å². The van der Waals surface area contributed by atoms with E-state index in [1.54, 1.807) is 12.5 Å². The molecule has 1 aromatic heterocycles. The SMILES string of the molecule is NC(=O)N(CCCCN1CCN(C2=COC=C(CC3=CC=CCC3)O2)CC1)c1cc2cc(Br)ccc2o1. The molecule has 5 rings (SSSR count). The van der Waals surface area contributed by atoms with Crippen molar-refractivity contribution in [2.75, 3.05) is 44.2 Å². The van der Waals surface area contributed by atoms with Crippen molar-refractivity contribution in [1.82, 2.24) is 9.80 Å². The van der Waals surface area contributed by atoms with Crippen LogP contribution >= 0.6 is 15.9 Å². The summed E-state index contributed by atoms with van der Waals surface area (Å²) in [6.45, 7) is 5.17. The largest absolute Gasteiger partial charge is 0.464 e. The number of piperazine rings is 1. The predicted molar refractivity (Wildman–Crippen MR) is 148 cm³/mol. The fraction of sp³-hybridized carbons (Fsp3) is 0.393. The van der Waals surface area contributed by atoms with Crippen LogP contribution in [-0.4, -0.2) is 55.1 Å². The molecule has 9 heteroatoms. The number of hydrogen-bond donors (Lipinski definition) is 1. The first-order valence-corrected chi connectivity index (χ1v) is 13.6. The van der Waals surface area contributed by atoms with Gasteiger partial charge in [0, 0.05) is 55.1 Å². The summed E-state index contributed by atoms with van der Waals surface area (Å²) >= 11 is 3.47. The molecule has 2 N–H and O–H groups in total. The Morgan fingerprint density at radius 1 is 1.11 bits per heavy atom. The van der Waals surface area contributed by atoms with Gasteiger partial charge in [0.15, 0.2) is 6.26 Å². The Morgan fingerprint density at radius 3 is 2.76 bits per heavy atom. The highest BCUT2D eigenvalue weighted by Gasteiger charge is 2.23. The van der Waals surface area contributed by atoms with E-state index in [1.165, 1.54) is 10.5 Å². The third-order valence-corrected chi connectivity index (χ3v) is 7.39. The number of amides is 2. The number of rotatable bonds is 9. The molecule has 2 amide bonds. The smallest absolute Gasteiger partial charge is 0.321 e. The second-order valence-corrected chi connectivity index (χ2v) is 10.5. The highest BCUT2D eigenvalue weighted by Crippen LogP contribution is 2.29. The fourth-order valence-corrected chi connectivity index (χ4v) is 5.23. The quantitative estimate of drug-likeness (QED) is 0.383. The first-order valence-electron chi connectivity index (χ1n) is 12.9. The van der Waals surface area contributed by atoms with E-state index < -0.39 is 6.03 Å². The molecule has 1 aromatic carbocycles. The standard InChI is InChI=1S/C28H33BrN4O4/c29-23-8-9-25-22(17-23)18-26(37-25)33(28(30)34)11-5-4-10-31-12-14-32(15-13-31)27-20-35-19-24(36-27)16-21-6-2-1-3-7-21/h1-2,6,8-9,17-20H,3-5,7,10-16H2,(H2,30,34). The van der Waals surface area contributed by atoms with Crippen LogP contribution < -0.4 is 10.6 Å². The summed E-state index contributed by atoms with van der Waals surface area (Å²) in [5.74, 6) is 2.14. The molecule has 0 bridgehead atoms. The molecule has 0 saturated carbocycles. The van der Waals surface area contributed by atoms with Crippen molar-refractivity contribution in [2.45, 2.75) is 32.1 Å². The van der Waals surface area contributed by atoms with E-state index >= 15 is 0 Å². The summed E-state index contributed by atoms with van der Waals surface area (Å²) in [4.78, 5) is 18.3. The first-order chi connectivity index (χ1) is 18.0. The number of unbranched alkanes of at least 4 members (excludes halogenated alkanes) is 1. The number of fused-ring (bicyclic) bond motifs is 1. The zero-order valence-corrected chi connectivity index (χ0v) is 22.5. The zero-order valence-electron chi connectivity index (χ0n) is 20.9. The second kappa shape index (κ2) is 11.9. The molecule has 0 radical (unpaired) electrons. The van der Waals surface area contributed by atoms with Gasteiger partial charge in [0.2, 0.25) is 11.8 Å². The van der Waals surface area contributed by atoms with Crippen LogP contribution in [0.15, 0.2) is 81.1 Å². The molecule has 196 valence electrons. The summed E-state index contributed by atoms with van der Waals surface area (Å²) < 4.78 is 18.6. The minimum atomic E-state index is -0.501. The monoisotopic (exact) mass is 568 g/mol. The number of allylic oxidation sites excluding steroid dienone is 4. The number of halogens is 1. The Bertz CT molecular complexity index is 1240. The molecule has 1 saturated heterocycles. The lowest BCUT2D eigenvalue weighted by molar-refractivity contribution is 0.0747. The lowest BCUT2D eigenvalue weighted by Crippen LogP contribution is -2.46. The average molecular weight is 570 g/mol. The van der Waals surface area contributed by atoms with Crippen LogP contribution in [0.3, 0.4) is 0 Å². The van der Waals surface area contributed by atoms with Crippen molar-refractivity contribution in [1.29, 1.82) is 0 Å². The topological polar surface area (TPSA) is 84.4 Å². The van der Waals surface area contributed by atoms with Gasteiger partial charge < -0.3 is 24.5 Å². The van der Waals surface area contributed by atoms with Gasteiger partial charge in [-0.15, -0.1) is 0 Å². The fourth-order valence-electron chi connectivity index (χ4n) is 4.85. The number of furan rings is 1. The van der Waals surface area contributed by atoms with Crippen LogP contribution in [0.5, 0.6) is 0 Å². The molecule has 0 unspecified atom stereocenters. The van der Waals surface area contributed by atoms with Gasteiger partial charge in [0.25, 0.3) is 0 Å². The van der Waals surface area contributed by atoms with Crippen molar-refractivity contribution < 1.29 is 18.7 Å². The first kappa shape index (κ1) is 25.5. The highest BCUT2D eigenvalue weighted by molar-refractivity contribution is 9.10. The number of carbonyl (C=O) groups excluding carboxylic acids is 1. The number of primary amides is 1. The Kier molecular flexibility index (Phi) is 8.21. The van der Waals surface area contributed by atoms with Gasteiger partial charge in [-0.05, 0) is 50.4 Å². The van der Waals surface area contributed by atoms with Gasteiger partial charge >= 0.3 is 6.03 Å². The molecule has 0 atom stereocenters. The normalized spacial score (nSPS) is 18.1. The summed E-state index contributed by atoms with van der Waals surface area (Å²) in [6.07, 6.45) is 14.6. The van der Waals surface area contributed by atoms with E-state index in [0.717, 1.165) is 91.9 Å². The van der Waals surface area contributed by atoms with Crippen LogP contribution in [0.25, 0.3) is 11.0 Å². The highest BCUT2D eigenvalue weighted by atomic mass is 79.9. The summed E-state index contributed by atoms with van der Waals surface area (Å²) in [5, 5.41) is 0.932. The minimum absolute atomic E-state index is 0.488. The maximum Gasteiger partial charge on any atom is 0.321 e. The van der Waals surface area contributed by atoms with Gasteiger partial charge in [-0.3, -0.25) is 9.80 Å². The lowest BCUT2D eigenvalue weighted by Gasteiger charge is -2.37. The average Bonchev–Trinajstić information content (AvgIpc) is 3.32. The van der Waals surface area contributed by atoms with Crippen LogP contribution in [0, 0.1) is 0 Å². The van der Waals surface area contributed by atoms with Crippen molar-refractivity contribution in [3.63, 3.8) is 0 Å². The number of anilines is 1. The van der Waals surface area contributed by atoms with Crippen LogP contribution in [0.1, 0.15) is 32.1 Å². The summed E-state index contributed by atoms with van der Waals surface area (Å²) in [7, 11) is 0. The molecule has 37 heavy (non-hydrogen) atoms. The lowest BCUT2D eigenvalue weighted by atomic mass is 10.0. The predicted octanol–water partition coefficient (Wildman–Crippen LogP) is 5.83. The number of nitrogens with two attached hydrogens (primary N) is 1. The van der Waals surface area contributed by atoms with E-state index in [0.29, 0.717) is 12.4 Å². The van der Waals surface area contributed by atoms with Crippen LogP contribution in [-0.2, 0) is 9.47 Å². The zero-order chi connectivity index (χ0) is 25.6. The third kappa shape index (κ3) is 6.59. The molecule has 8 nitrogen and oxygen atoms in total. The number of benzene rings is 1. The Labute approximate surface area is 225 Å². The maximum atomic E-state index is 12.1. The van der Waals surface area contributed by atoms with Crippen LogP contribution in [0.4, 0.5) is 10.7 Å². The van der Waals surface area contributed by atoms with Gasteiger partial charge in [-0.2, -0.15) is 0 Å². The third-order valence-electron chi connectivity index (χ3n) is 6.89. The van der Waals surface area contributed by atoms with E-state index in [1.807, 2.05) is 24.3 Å².